The fourth-order valence-corrected chi connectivity index (χ4v) is 4.71. The Kier molecular flexibility index (Phi) is 7.76. The van der Waals surface area contributed by atoms with Crippen molar-refractivity contribution in [2.45, 2.75) is 31.9 Å². The van der Waals surface area contributed by atoms with Crippen LogP contribution >= 0.6 is 0 Å². The van der Waals surface area contributed by atoms with E-state index in [9.17, 15) is 9.90 Å². The largest absolute Gasteiger partial charge is 0.497 e. The summed E-state index contributed by atoms with van der Waals surface area (Å²) < 4.78 is 25.8. The van der Waals surface area contributed by atoms with Crippen LogP contribution < -0.4 is 4.74 Å². The average Bonchev–Trinajstić information content (AvgIpc) is 3.36. The van der Waals surface area contributed by atoms with Crippen molar-refractivity contribution in [2.24, 2.45) is 11.8 Å². The van der Waals surface area contributed by atoms with Crippen molar-refractivity contribution in [2.75, 3.05) is 26.7 Å². The summed E-state index contributed by atoms with van der Waals surface area (Å²) in [4.78, 5) is 21.8. The Hall–Kier alpha value is -3.44. The van der Waals surface area contributed by atoms with Crippen LogP contribution in [0.2, 0.25) is 0 Å². The van der Waals surface area contributed by atoms with Crippen molar-refractivity contribution in [3.63, 3.8) is 0 Å². The molecular weight excluding hydrogens is 437 g/mol. The van der Waals surface area contributed by atoms with Gasteiger partial charge in [-0.1, -0.05) is 5.92 Å². The van der Waals surface area contributed by atoms with Crippen molar-refractivity contribution in [1.82, 2.24) is 14.9 Å². The average molecular weight is 466 g/mol. The van der Waals surface area contributed by atoms with Gasteiger partial charge in [0.2, 0.25) is 0 Å². The van der Waals surface area contributed by atoms with Crippen LogP contribution in [0.1, 0.15) is 43.2 Å². The topological polar surface area (TPSA) is 88.7 Å². The SMILES string of the molecule is COc1ccc2nccc(C(F)CC[C@@H]3CCN(CC#Cc4cnco4)C[C@@H]3CC(=O)O)c2c1. The predicted octanol–water partition coefficient (Wildman–Crippen LogP) is 4.49. The predicted molar refractivity (Wildman–Crippen MR) is 125 cm³/mol. The maximum absolute atomic E-state index is 15.4. The number of aromatic nitrogens is 2. The molecule has 34 heavy (non-hydrogen) atoms. The van der Waals surface area contributed by atoms with Crippen LogP contribution in [0.15, 0.2) is 47.5 Å². The van der Waals surface area contributed by atoms with Crippen LogP contribution in [0.5, 0.6) is 5.75 Å². The summed E-state index contributed by atoms with van der Waals surface area (Å²) in [7, 11) is 1.58. The van der Waals surface area contributed by atoms with Gasteiger partial charge in [0.25, 0.3) is 0 Å². The van der Waals surface area contributed by atoms with Crippen molar-refractivity contribution < 1.29 is 23.4 Å². The van der Waals surface area contributed by atoms with Gasteiger partial charge in [0.1, 0.15) is 11.9 Å². The molecule has 0 radical (unpaired) electrons. The third kappa shape index (κ3) is 5.91. The van der Waals surface area contributed by atoms with Gasteiger partial charge in [0, 0.05) is 24.5 Å². The maximum atomic E-state index is 15.4. The number of rotatable bonds is 8. The number of carbonyl (C=O) groups is 1. The molecular formula is C26H28FN3O4. The summed E-state index contributed by atoms with van der Waals surface area (Å²) in [5.74, 6) is 6.43. The van der Waals surface area contributed by atoms with Crippen molar-refractivity contribution in [3.8, 4) is 17.6 Å². The van der Waals surface area contributed by atoms with Gasteiger partial charge in [-0.3, -0.25) is 14.7 Å². The molecule has 7 nitrogen and oxygen atoms in total. The molecule has 1 aliphatic heterocycles. The molecule has 2 aromatic heterocycles. The molecule has 1 fully saturated rings. The summed E-state index contributed by atoms with van der Waals surface area (Å²) in [6, 6.07) is 7.17. The van der Waals surface area contributed by atoms with E-state index in [-0.39, 0.29) is 18.3 Å². The monoisotopic (exact) mass is 465 g/mol. The summed E-state index contributed by atoms with van der Waals surface area (Å²) in [5, 5.41) is 10.2. The van der Waals surface area contributed by atoms with Crippen molar-refractivity contribution in [3.05, 3.63) is 54.4 Å². The standard InChI is InChI=1S/C26H28FN3O4/c1-33-20-5-7-25-23(14-20)22(8-10-29-25)24(27)6-4-18-9-12-30(16-19(18)13-26(31)32)11-2-3-21-15-28-17-34-21/h5,7-8,10,14-15,17-19,24H,4,6,9,11-13,16H2,1H3,(H,31,32)/t18-,19+,24?/m1/s1. The Balaban J connectivity index is 1.39. The van der Waals surface area contributed by atoms with Crippen LogP contribution in [-0.2, 0) is 4.79 Å². The van der Waals surface area contributed by atoms with E-state index >= 15 is 4.39 Å². The molecule has 1 N–H and O–H groups in total. The Morgan fingerprint density at radius 2 is 2.26 bits per heavy atom. The van der Waals surface area contributed by atoms with Gasteiger partial charge in [0.15, 0.2) is 12.2 Å². The second-order valence-corrected chi connectivity index (χ2v) is 8.64. The number of oxazole rings is 1. The van der Waals surface area contributed by atoms with E-state index in [0.29, 0.717) is 43.0 Å². The minimum absolute atomic E-state index is 0.0418. The van der Waals surface area contributed by atoms with Gasteiger partial charge in [0.05, 0.1) is 25.4 Å². The quantitative estimate of drug-likeness (QED) is 0.491. The minimum Gasteiger partial charge on any atom is -0.497 e. The molecule has 0 amide bonds. The van der Waals surface area contributed by atoms with Crippen LogP contribution in [0.25, 0.3) is 10.9 Å². The van der Waals surface area contributed by atoms with Gasteiger partial charge in [-0.25, -0.2) is 9.37 Å². The Morgan fingerprint density at radius 3 is 3.03 bits per heavy atom. The normalized spacial score (nSPS) is 19.4. The first kappa shape index (κ1) is 23.7. The first-order chi connectivity index (χ1) is 16.5. The number of benzene rings is 1. The molecule has 1 unspecified atom stereocenters. The van der Waals surface area contributed by atoms with Crippen LogP contribution in [0.4, 0.5) is 4.39 Å². The third-order valence-corrected chi connectivity index (χ3v) is 6.47. The molecule has 1 aliphatic rings. The molecule has 3 aromatic rings. The van der Waals surface area contributed by atoms with Gasteiger partial charge >= 0.3 is 5.97 Å². The lowest BCUT2D eigenvalue weighted by atomic mass is 9.79. The molecule has 178 valence electrons. The number of ether oxygens (including phenoxy) is 1. The molecule has 3 heterocycles. The number of methoxy groups -OCH3 is 1. The zero-order valence-corrected chi connectivity index (χ0v) is 19.1. The highest BCUT2D eigenvalue weighted by molar-refractivity contribution is 5.83. The highest BCUT2D eigenvalue weighted by atomic mass is 19.1. The summed E-state index contributed by atoms with van der Waals surface area (Å²) >= 11 is 0. The van der Waals surface area contributed by atoms with Gasteiger partial charge in [-0.05, 0) is 73.4 Å². The number of carboxylic acids is 1. The molecule has 1 saturated heterocycles. The first-order valence-corrected chi connectivity index (χ1v) is 11.4. The number of halogens is 1. The van der Waals surface area contributed by atoms with Gasteiger partial charge < -0.3 is 14.3 Å². The Morgan fingerprint density at radius 1 is 1.38 bits per heavy atom. The molecule has 0 spiro atoms. The van der Waals surface area contributed by atoms with E-state index in [1.54, 1.807) is 25.6 Å². The molecule has 8 heteroatoms. The summed E-state index contributed by atoms with van der Waals surface area (Å²) in [6.07, 6.45) is 5.22. The zero-order valence-electron chi connectivity index (χ0n) is 19.1. The van der Waals surface area contributed by atoms with Crippen LogP contribution in [0, 0.1) is 23.7 Å². The van der Waals surface area contributed by atoms with E-state index in [1.807, 2.05) is 18.2 Å². The second kappa shape index (κ2) is 11.1. The summed E-state index contributed by atoms with van der Waals surface area (Å²) in [5.41, 5.74) is 1.32. The fraction of sp³-hybridized carbons (Fsp3) is 0.423. The number of pyridine rings is 1. The molecule has 3 atom stereocenters. The Bertz CT molecular complexity index is 1170. The molecule has 1 aromatic carbocycles. The molecule has 0 aliphatic carbocycles. The lowest BCUT2D eigenvalue weighted by Crippen LogP contribution is -2.41. The smallest absolute Gasteiger partial charge is 0.303 e. The van der Waals surface area contributed by atoms with E-state index in [1.165, 1.54) is 6.39 Å². The third-order valence-electron chi connectivity index (χ3n) is 6.47. The van der Waals surface area contributed by atoms with Gasteiger partial charge in [-0.2, -0.15) is 0 Å². The van der Waals surface area contributed by atoms with E-state index in [0.717, 1.165) is 23.9 Å². The molecule has 4 rings (SSSR count). The number of fused-ring (bicyclic) bond motifs is 1. The maximum Gasteiger partial charge on any atom is 0.303 e. The van der Waals surface area contributed by atoms with E-state index < -0.39 is 12.1 Å². The second-order valence-electron chi connectivity index (χ2n) is 8.64. The Labute approximate surface area is 198 Å². The number of likely N-dealkylation sites (tertiary alicyclic amines) is 1. The number of carboxylic acid groups (broad SMARTS) is 1. The highest BCUT2D eigenvalue weighted by Crippen LogP contribution is 2.36. The number of hydrogen-bond acceptors (Lipinski definition) is 6. The number of aliphatic carboxylic acids is 1. The number of hydrogen-bond donors (Lipinski definition) is 1. The van der Waals surface area contributed by atoms with E-state index in [2.05, 4.69) is 26.7 Å². The summed E-state index contributed by atoms with van der Waals surface area (Å²) in [6.45, 7) is 1.96. The van der Waals surface area contributed by atoms with Crippen LogP contribution in [0.3, 0.4) is 0 Å². The van der Waals surface area contributed by atoms with E-state index in [4.69, 9.17) is 9.15 Å². The lowest BCUT2D eigenvalue weighted by molar-refractivity contribution is -0.139. The molecule has 0 bridgehead atoms. The van der Waals surface area contributed by atoms with Crippen molar-refractivity contribution in [1.29, 1.82) is 0 Å². The number of alkyl halides is 1. The highest BCUT2D eigenvalue weighted by Gasteiger charge is 2.31. The molecule has 0 saturated carbocycles. The zero-order chi connectivity index (χ0) is 23.9. The number of nitrogens with zero attached hydrogens (tertiary/aromatic N) is 3. The minimum atomic E-state index is -1.16. The lowest BCUT2D eigenvalue weighted by Gasteiger charge is -2.37. The van der Waals surface area contributed by atoms with Crippen LogP contribution in [-0.4, -0.2) is 52.7 Å². The van der Waals surface area contributed by atoms with Gasteiger partial charge in [-0.15, -0.1) is 0 Å². The fourth-order valence-electron chi connectivity index (χ4n) is 4.71. The first-order valence-electron chi connectivity index (χ1n) is 11.4. The van der Waals surface area contributed by atoms with Crippen molar-refractivity contribution >= 4 is 16.9 Å². The number of piperidine rings is 1.